The predicted molar refractivity (Wildman–Crippen MR) is 139 cm³/mol. The van der Waals surface area contributed by atoms with Crippen LogP contribution < -0.4 is 10.6 Å². The third-order valence-electron chi connectivity index (χ3n) is 6.63. The van der Waals surface area contributed by atoms with E-state index in [1.165, 1.54) is 5.57 Å². The first-order valence-corrected chi connectivity index (χ1v) is 12.3. The number of aliphatic carboxylic acids is 1. The molecule has 0 amide bonds. The zero-order valence-electron chi connectivity index (χ0n) is 20.7. The van der Waals surface area contributed by atoms with Crippen LogP contribution >= 0.6 is 0 Å². The Bertz CT molecular complexity index is 1190. The summed E-state index contributed by atoms with van der Waals surface area (Å²) in [5.74, 6) is 0.460. The molecule has 184 valence electrons. The standard InChI is InChI=1S/C27H34N6O2/c1-4-18(14-28-5-2)20-7-6-8-21(13-20)25-29-16-24(22-15-30-33(3)17-22)26(32-25)31-23-11-9-19(10-12-23)27(34)35/h4,6-8,13,15-17,19,23,28H,5,9-12,14H2,1-3H3,(H,34,35)(H,29,31,32)/b18-4+. The summed E-state index contributed by atoms with van der Waals surface area (Å²) in [4.78, 5) is 21.0. The van der Waals surface area contributed by atoms with E-state index in [-0.39, 0.29) is 12.0 Å². The molecular weight excluding hydrogens is 440 g/mol. The first-order chi connectivity index (χ1) is 17.0. The van der Waals surface area contributed by atoms with Crippen molar-refractivity contribution in [3.05, 3.63) is 54.5 Å². The quantitative estimate of drug-likeness (QED) is 0.416. The Hall–Kier alpha value is -3.52. The van der Waals surface area contributed by atoms with Gasteiger partial charge in [0.25, 0.3) is 0 Å². The highest BCUT2D eigenvalue weighted by Crippen LogP contribution is 2.32. The highest BCUT2D eigenvalue weighted by Gasteiger charge is 2.27. The molecule has 2 aromatic heterocycles. The van der Waals surface area contributed by atoms with Gasteiger partial charge >= 0.3 is 5.97 Å². The molecule has 0 radical (unpaired) electrons. The number of anilines is 1. The van der Waals surface area contributed by atoms with E-state index in [1.54, 1.807) is 4.68 Å². The molecule has 0 aliphatic heterocycles. The van der Waals surface area contributed by atoms with Gasteiger partial charge in [-0.25, -0.2) is 9.97 Å². The molecule has 1 fully saturated rings. The van der Waals surface area contributed by atoms with Gasteiger partial charge in [0.15, 0.2) is 5.82 Å². The summed E-state index contributed by atoms with van der Waals surface area (Å²) in [6, 6.07) is 8.49. The van der Waals surface area contributed by atoms with Crippen LogP contribution in [-0.4, -0.2) is 50.0 Å². The van der Waals surface area contributed by atoms with Gasteiger partial charge in [0, 0.05) is 48.7 Å². The zero-order chi connectivity index (χ0) is 24.8. The normalized spacial score (nSPS) is 18.4. The van der Waals surface area contributed by atoms with Crippen molar-refractivity contribution in [1.29, 1.82) is 0 Å². The maximum atomic E-state index is 11.4. The van der Waals surface area contributed by atoms with Crippen molar-refractivity contribution < 1.29 is 9.90 Å². The zero-order valence-corrected chi connectivity index (χ0v) is 20.7. The number of benzene rings is 1. The molecule has 1 saturated carbocycles. The number of likely N-dealkylation sites (N-methyl/N-ethyl adjacent to an activating group) is 1. The topological polar surface area (TPSA) is 105 Å². The van der Waals surface area contributed by atoms with E-state index in [1.807, 2.05) is 37.8 Å². The highest BCUT2D eigenvalue weighted by molar-refractivity contribution is 5.77. The Morgan fingerprint density at radius 2 is 2.00 bits per heavy atom. The van der Waals surface area contributed by atoms with Crippen LogP contribution in [0.1, 0.15) is 45.1 Å². The predicted octanol–water partition coefficient (Wildman–Crippen LogP) is 4.61. The number of rotatable bonds is 9. The van der Waals surface area contributed by atoms with Crippen molar-refractivity contribution in [2.75, 3.05) is 18.4 Å². The van der Waals surface area contributed by atoms with Gasteiger partial charge in [-0.05, 0) is 56.4 Å². The van der Waals surface area contributed by atoms with Crippen LogP contribution in [0.15, 0.2) is 48.9 Å². The number of carbonyl (C=O) groups is 1. The van der Waals surface area contributed by atoms with Crippen LogP contribution in [0.5, 0.6) is 0 Å². The van der Waals surface area contributed by atoms with Crippen molar-refractivity contribution >= 4 is 17.4 Å². The number of hydrogen-bond donors (Lipinski definition) is 3. The molecule has 0 bridgehead atoms. The number of allylic oxidation sites excluding steroid dienone is 1. The molecule has 8 heteroatoms. The molecular formula is C27H34N6O2. The molecule has 4 rings (SSSR count). The third-order valence-corrected chi connectivity index (χ3v) is 6.63. The maximum absolute atomic E-state index is 11.4. The van der Waals surface area contributed by atoms with Gasteiger partial charge < -0.3 is 15.7 Å². The van der Waals surface area contributed by atoms with Crippen molar-refractivity contribution in [2.45, 2.75) is 45.6 Å². The molecule has 0 atom stereocenters. The van der Waals surface area contributed by atoms with Gasteiger partial charge in [-0.1, -0.05) is 31.2 Å². The van der Waals surface area contributed by atoms with Gasteiger partial charge in [-0.3, -0.25) is 9.48 Å². The van der Waals surface area contributed by atoms with Crippen LogP contribution in [0.3, 0.4) is 0 Å². The van der Waals surface area contributed by atoms with Crippen LogP contribution in [-0.2, 0) is 11.8 Å². The van der Waals surface area contributed by atoms with Gasteiger partial charge in [0.1, 0.15) is 5.82 Å². The molecule has 1 aromatic carbocycles. The SMILES string of the molecule is C/C=C(\CNCC)c1cccc(-c2ncc(-c3cnn(C)c3)c(NC3CCC(C(=O)O)CC3)n2)c1. The number of aryl methyl sites for hydroxylation is 1. The number of nitrogens with one attached hydrogen (secondary N) is 2. The van der Waals surface area contributed by atoms with E-state index in [4.69, 9.17) is 9.97 Å². The van der Waals surface area contributed by atoms with Crippen LogP contribution in [0.2, 0.25) is 0 Å². The highest BCUT2D eigenvalue weighted by atomic mass is 16.4. The fraction of sp³-hybridized carbons (Fsp3) is 0.407. The monoisotopic (exact) mass is 474 g/mol. The maximum Gasteiger partial charge on any atom is 0.306 e. The van der Waals surface area contributed by atoms with Gasteiger partial charge in [0.2, 0.25) is 0 Å². The minimum atomic E-state index is -0.696. The van der Waals surface area contributed by atoms with Gasteiger partial charge in [-0.15, -0.1) is 0 Å². The van der Waals surface area contributed by atoms with Crippen molar-refractivity contribution in [3.8, 4) is 22.5 Å². The number of nitrogens with zero attached hydrogens (tertiary/aromatic N) is 4. The summed E-state index contributed by atoms with van der Waals surface area (Å²) in [5, 5.41) is 20.6. The Morgan fingerprint density at radius 3 is 2.66 bits per heavy atom. The average molecular weight is 475 g/mol. The summed E-state index contributed by atoms with van der Waals surface area (Å²) >= 11 is 0. The Morgan fingerprint density at radius 1 is 1.20 bits per heavy atom. The summed E-state index contributed by atoms with van der Waals surface area (Å²) in [7, 11) is 1.89. The van der Waals surface area contributed by atoms with E-state index in [2.05, 4.69) is 47.8 Å². The Labute approximate surface area is 206 Å². The smallest absolute Gasteiger partial charge is 0.306 e. The van der Waals surface area contributed by atoms with E-state index < -0.39 is 5.97 Å². The van der Waals surface area contributed by atoms with Crippen LogP contribution in [0.4, 0.5) is 5.82 Å². The minimum Gasteiger partial charge on any atom is -0.481 e. The van der Waals surface area contributed by atoms with Crippen molar-refractivity contribution in [1.82, 2.24) is 25.1 Å². The molecule has 8 nitrogen and oxygen atoms in total. The summed E-state index contributed by atoms with van der Waals surface area (Å²) in [6.07, 6.45) is 10.7. The number of carboxylic acids is 1. The van der Waals surface area contributed by atoms with Crippen molar-refractivity contribution in [3.63, 3.8) is 0 Å². The minimum absolute atomic E-state index is 0.171. The van der Waals surface area contributed by atoms with Gasteiger partial charge in [-0.2, -0.15) is 5.10 Å². The molecule has 1 aliphatic carbocycles. The van der Waals surface area contributed by atoms with Crippen LogP contribution in [0.25, 0.3) is 28.1 Å². The molecule has 2 heterocycles. The lowest BCUT2D eigenvalue weighted by Gasteiger charge is -2.28. The fourth-order valence-electron chi connectivity index (χ4n) is 4.57. The number of carboxylic acid groups (broad SMARTS) is 1. The number of aromatic nitrogens is 4. The molecule has 1 aliphatic rings. The van der Waals surface area contributed by atoms with Crippen LogP contribution in [0, 0.1) is 5.92 Å². The van der Waals surface area contributed by atoms with Crippen molar-refractivity contribution in [2.24, 2.45) is 13.0 Å². The fourth-order valence-corrected chi connectivity index (χ4v) is 4.57. The van der Waals surface area contributed by atoms with E-state index in [0.717, 1.165) is 54.0 Å². The molecule has 0 spiro atoms. The average Bonchev–Trinajstić information content (AvgIpc) is 3.31. The molecule has 35 heavy (non-hydrogen) atoms. The lowest BCUT2D eigenvalue weighted by molar-refractivity contribution is -0.142. The van der Waals surface area contributed by atoms with Gasteiger partial charge in [0.05, 0.1) is 12.1 Å². The third kappa shape index (κ3) is 5.95. The first-order valence-electron chi connectivity index (χ1n) is 12.3. The Balaban J connectivity index is 1.65. The largest absolute Gasteiger partial charge is 0.481 e. The second kappa shape index (κ2) is 11.3. The number of hydrogen-bond acceptors (Lipinski definition) is 6. The van der Waals surface area contributed by atoms with E-state index in [9.17, 15) is 9.90 Å². The molecule has 0 unspecified atom stereocenters. The lowest BCUT2D eigenvalue weighted by Crippen LogP contribution is -2.29. The molecule has 0 saturated heterocycles. The lowest BCUT2D eigenvalue weighted by atomic mass is 9.86. The summed E-state index contributed by atoms with van der Waals surface area (Å²) < 4.78 is 1.76. The molecule has 3 aromatic rings. The van der Waals surface area contributed by atoms with E-state index >= 15 is 0 Å². The Kier molecular flexibility index (Phi) is 7.92. The summed E-state index contributed by atoms with van der Waals surface area (Å²) in [5.41, 5.74) is 5.16. The first kappa shape index (κ1) is 24.6. The summed E-state index contributed by atoms with van der Waals surface area (Å²) in [6.45, 7) is 5.88. The van der Waals surface area contributed by atoms with E-state index in [0.29, 0.717) is 18.7 Å². The second-order valence-corrected chi connectivity index (χ2v) is 9.06. The second-order valence-electron chi connectivity index (χ2n) is 9.06. The molecule has 3 N–H and O–H groups in total.